The molecule has 0 saturated carbocycles. The van der Waals surface area contributed by atoms with E-state index in [1.807, 2.05) is 6.92 Å². The minimum absolute atomic E-state index is 0.207. The fourth-order valence-electron chi connectivity index (χ4n) is 4.14. The van der Waals surface area contributed by atoms with E-state index >= 15 is 0 Å². The fourth-order valence-corrected chi connectivity index (χ4v) is 4.44. The third kappa shape index (κ3) is 5.92. The van der Waals surface area contributed by atoms with Crippen molar-refractivity contribution in [2.75, 3.05) is 12.4 Å². The maximum atomic E-state index is 13.4. The van der Waals surface area contributed by atoms with Gasteiger partial charge in [-0.05, 0) is 56.5 Å². The summed E-state index contributed by atoms with van der Waals surface area (Å²) in [5.74, 6) is -0.0210. The topological polar surface area (TPSA) is 116 Å². The Hall–Kier alpha value is -4.28. The quantitative estimate of drug-likeness (QED) is 0.248. The Kier molecular flexibility index (Phi) is 8.58. The number of carbonyl (C=O) groups excluding carboxylic acids is 1. The number of rotatable bonds is 9. The SMILES string of the molecule is C=Nc1cc(NC(=O)C(CC)n2cc(OC)c(-c3cc(Cl)ccc3-n3cc(Cl)nn3)cc2=O)ccc1N=CC. The van der Waals surface area contributed by atoms with Gasteiger partial charge in [0.2, 0.25) is 5.91 Å². The summed E-state index contributed by atoms with van der Waals surface area (Å²) >= 11 is 12.3. The number of carbonyl (C=O) groups is 1. The second-order valence-corrected chi connectivity index (χ2v) is 9.13. The van der Waals surface area contributed by atoms with Crippen molar-refractivity contribution >= 4 is 59.1 Å². The lowest BCUT2D eigenvalue weighted by Gasteiger charge is -2.21. The molecule has 0 aliphatic carbocycles. The summed E-state index contributed by atoms with van der Waals surface area (Å²) in [7, 11) is 1.48. The van der Waals surface area contributed by atoms with Crippen LogP contribution in [0.2, 0.25) is 10.2 Å². The van der Waals surface area contributed by atoms with E-state index in [9.17, 15) is 9.59 Å². The standard InChI is InChI=1S/C27H25Cl2N7O3/c1-5-22(27(38)32-17-8-9-20(31-6-2)21(12-17)30-3)35-14-24(39-4)19(13-26(35)37)18-11-16(28)7-10-23(18)36-15-25(29)33-34-36/h6-15,22H,3,5H2,1-2,4H3,(H,32,38). The van der Waals surface area contributed by atoms with Gasteiger partial charge >= 0.3 is 0 Å². The molecule has 2 heterocycles. The van der Waals surface area contributed by atoms with E-state index in [0.29, 0.717) is 51.1 Å². The highest BCUT2D eigenvalue weighted by Crippen LogP contribution is 2.36. The van der Waals surface area contributed by atoms with Crippen LogP contribution >= 0.6 is 23.2 Å². The number of nitrogens with one attached hydrogen (secondary N) is 1. The number of hydrogen-bond acceptors (Lipinski definition) is 7. The first-order valence-corrected chi connectivity index (χ1v) is 12.6. The van der Waals surface area contributed by atoms with Gasteiger partial charge in [-0.3, -0.25) is 24.1 Å². The first-order valence-electron chi connectivity index (χ1n) is 11.9. The van der Waals surface area contributed by atoms with Crippen LogP contribution in [0.1, 0.15) is 26.3 Å². The molecular weight excluding hydrogens is 541 g/mol. The minimum atomic E-state index is -0.818. The monoisotopic (exact) mass is 565 g/mol. The summed E-state index contributed by atoms with van der Waals surface area (Å²) in [4.78, 5) is 34.9. The Morgan fingerprint density at radius 3 is 2.59 bits per heavy atom. The minimum Gasteiger partial charge on any atom is -0.495 e. The molecule has 200 valence electrons. The van der Waals surface area contributed by atoms with Crippen molar-refractivity contribution in [2.24, 2.45) is 9.98 Å². The lowest BCUT2D eigenvalue weighted by Crippen LogP contribution is -2.32. The van der Waals surface area contributed by atoms with E-state index in [0.717, 1.165) is 0 Å². The molecule has 0 spiro atoms. The number of hydrogen-bond donors (Lipinski definition) is 1. The summed E-state index contributed by atoms with van der Waals surface area (Å²) in [6.07, 6.45) is 5.04. The lowest BCUT2D eigenvalue weighted by atomic mass is 10.0. The molecule has 0 aliphatic heterocycles. The van der Waals surface area contributed by atoms with E-state index in [1.54, 1.807) is 49.5 Å². The first kappa shape index (κ1) is 27.7. The number of aliphatic imine (C=N–C) groups is 2. The Labute approximate surface area is 234 Å². The van der Waals surface area contributed by atoms with Crippen molar-refractivity contribution < 1.29 is 9.53 Å². The van der Waals surface area contributed by atoms with Crippen molar-refractivity contribution in [1.82, 2.24) is 19.6 Å². The van der Waals surface area contributed by atoms with Gasteiger partial charge in [-0.15, -0.1) is 5.10 Å². The number of aromatic nitrogens is 4. The molecule has 2 aromatic heterocycles. The molecule has 0 saturated heterocycles. The van der Waals surface area contributed by atoms with Gasteiger partial charge in [-0.1, -0.05) is 35.3 Å². The van der Waals surface area contributed by atoms with E-state index in [2.05, 4.69) is 32.3 Å². The maximum Gasteiger partial charge on any atom is 0.252 e. The van der Waals surface area contributed by atoms with Crippen molar-refractivity contribution in [1.29, 1.82) is 0 Å². The Morgan fingerprint density at radius 1 is 1.15 bits per heavy atom. The average Bonchev–Trinajstić information content (AvgIpc) is 3.36. The molecule has 1 N–H and O–H groups in total. The van der Waals surface area contributed by atoms with E-state index in [1.165, 1.54) is 34.8 Å². The smallest absolute Gasteiger partial charge is 0.252 e. The number of benzene rings is 2. The van der Waals surface area contributed by atoms with Crippen LogP contribution in [-0.4, -0.2) is 45.5 Å². The first-order chi connectivity index (χ1) is 18.8. The third-order valence-electron chi connectivity index (χ3n) is 5.93. The van der Waals surface area contributed by atoms with Crippen LogP contribution in [0, 0.1) is 0 Å². The van der Waals surface area contributed by atoms with Gasteiger partial charge in [0.25, 0.3) is 5.56 Å². The van der Waals surface area contributed by atoms with Crippen LogP contribution in [0.4, 0.5) is 17.1 Å². The highest BCUT2D eigenvalue weighted by Gasteiger charge is 2.23. The Balaban J connectivity index is 1.73. The third-order valence-corrected chi connectivity index (χ3v) is 6.34. The Morgan fingerprint density at radius 2 is 1.95 bits per heavy atom. The molecule has 12 heteroatoms. The van der Waals surface area contributed by atoms with Crippen LogP contribution in [0.3, 0.4) is 0 Å². The number of halogens is 2. The van der Waals surface area contributed by atoms with Gasteiger partial charge in [0, 0.05) is 34.1 Å². The molecule has 1 amide bonds. The summed E-state index contributed by atoms with van der Waals surface area (Å²) in [5.41, 5.74) is 2.87. The zero-order valence-corrected chi connectivity index (χ0v) is 22.9. The van der Waals surface area contributed by atoms with E-state index in [-0.39, 0.29) is 11.1 Å². The number of methoxy groups -OCH3 is 1. The van der Waals surface area contributed by atoms with E-state index < -0.39 is 11.6 Å². The predicted molar refractivity (Wildman–Crippen MR) is 155 cm³/mol. The molecule has 0 bridgehead atoms. The normalized spacial score (nSPS) is 11.9. The molecule has 4 rings (SSSR count). The average molecular weight is 566 g/mol. The Bertz CT molecular complexity index is 1630. The number of pyridine rings is 1. The number of anilines is 1. The van der Waals surface area contributed by atoms with Gasteiger partial charge in [0.15, 0.2) is 5.15 Å². The van der Waals surface area contributed by atoms with Gasteiger partial charge in [-0.2, -0.15) is 0 Å². The number of ether oxygens (including phenoxy) is 1. The van der Waals surface area contributed by atoms with Crippen molar-refractivity contribution in [3.05, 3.63) is 75.4 Å². The molecule has 0 fully saturated rings. The van der Waals surface area contributed by atoms with E-state index in [4.69, 9.17) is 27.9 Å². The van der Waals surface area contributed by atoms with Crippen molar-refractivity contribution in [3.8, 4) is 22.6 Å². The summed E-state index contributed by atoms with van der Waals surface area (Å²) in [6, 6.07) is 10.8. The fraction of sp³-hybridized carbons (Fsp3) is 0.185. The number of nitrogens with zero attached hydrogens (tertiary/aromatic N) is 6. The molecule has 10 nitrogen and oxygen atoms in total. The van der Waals surface area contributed by atoms with Crippen LogP contribution in [-0.2, 0) is 4.79 Å². The molecule has 1 atom stereocenters. The van der Waals surface area contributed by atoms with Crippen molar-refractivity contribution in [2.45, 2.75) is 26.3 Å². The molecule has 2 aromatic carbocycles. The van der Waals surface area contributed by atoms with Gasteiger partial charge in [0.1, 0.15) is 11.8 Å². The molecule has 1 unspecified atom stereocenters. The van der Waals surface area contributed by atoms with Crippen LogP contribution in [0.5, 0.6) is 5.75 Å². The zero-order chi connectivity index (χ0) is 28.1. The second kappa shape index (κ2) is 12.1. The zero-order valence-electron chi connectivity index (χ0n) is 21.4. The molecule has 0 radical (unpaired) electrons. The van der Waals surface area contributed by atoms with Crippen LogP contribution in [0.25, 0.3) is 16.8 Å². The lowest BCUT2D eigenvalue weighted by molar-refractivity contribution is -0.119. The largest absolute Gasteiger partial charge is 0.495 e. The molecular formula is C27H25Cl2N7O3. The van der Waals surface area contributed by atoms with Gasteiger partial charge in [0.05, 0.1) is 36.6 Å². The van der Waals surface area contributed by atoms with Crippen LogP contribution in [0.15, 0.2) is 69.6 Å². The second-order valence-electron chi connectivity index (χ2n) is 8.31. The van der Waals surface area contributed by atoms with Gasteiger partial charge in [-0.25, -0.2) is 4.68 Å². The predicted octanol–water partition coefficient (Wildman–Crippen LogP) is 6.06. The molecule has 0 aliphatic rings. The molecule has 39 heavy (non-hydrogen) atoms. The summed E-state index contributed by atoms with van der Waals surface area (Å²) in [5, 5.41) is 11.4. The number of amides is 1. The van der Waals surface area contributed by atoms with Crippen LogP contribution < -0.4 is 15.6 Å². The van der Waals surface area contributed by atoms with Crippen molar-refractivity contribution in [3.63, 3.8) is 0 Å². The maximum absolute atomic E-state index is 13.4. The van der Waals surface area contributed by atoms with Gasteiger partial charge < -0.3 is 10.1 Å². The highest BCUT2D eigenvalue weighted by atomic mass is 35.5. The highest BCUT2D eigenvalue weighted by molar-refractivity contribution is 6.31. The summed E-state index contributed by atoms with van der Waals surface area (Å²) in [6.45, 7) is 7.18. The molecule has 4 aromatic rings. The summed E-state index contributed by atoms with van der Waals surface area (Å²) < 4.78 is 8.47.